The van der Waals surface area contributed by atoms with E-state index in [1.807, 2.05) is 13.0 Å². The number of carbonyl (C=O) groups is 1. The normalized spacial score (nSPS) is 13.9. The van der Waals surface area contributed by atoms with E-state index in [2.05, 4.69) is 0 Å². The van der Waals surface area contributed by atoms with Crippen LogP contribution in [0.5, 0.6) is 0 Å². The maximum atomic E-state index is 11.5. The van der Waals surface area contributed by atoms with Gasteiger partial charge in [0.25, 0.3) is 0 Å². The first-order chi connectivity index (χ1) is 8.55. The zero-order valence-electron chi connectivity index (χ0n) is 10.00. The SMILES string of the molecule is Cc1cccc([C@](O)(C(=O)O)c2ccccc2)c1. The monoisotopic (exact) mass is 242 g/mol. The molecule has 0 saturated heterocycles. The summed E-state index contributed by atoms with van der Waals surface area (Å²) in [5.74, 6) is -1.28. The Kier molecular flexibility index (Phi) is 3.17. The standard InChI is InChI=1S/C15H14O3/c1-11-6-5-9-13(10-11)15(18,14(16)17)12-7-3-2-4-8-12/h2-10,18H,1H3,(H,16,17)/t15-/m0/s1. The predicted molar refractivity (Wildman–Crippen MR) is 68.3 cm³/mol. The third-order valence-corrected chi connectivity index (χ3v) is 2.94. The van der Waals surface area contributed by atoms with E-state index in [-0.39, 0.29) is 0 Å². The van der Waals surface area contributed by atoms with Gasteiger partial charge < -0.3 is 10.2 Å². The van der Waals surface area contributed by atoms with Crippen LogP contribution in [0.15, 0.2) is 54.6 Å². The van der Waals surface area contributed by atoms with Gasteiger partial charge in [0.1, 0.15) is 0 Å². The van der Waals surface area contributed by atoms with Gasteiger partial charge in [-0.25, -0.2) is 4.79 Å². The molecule has 0 aliphatic heterocycles. The van der Waals surface area contributed by atoms with E-state index >= 15 is 0 Å². The van der Waals surface area contributed by atoms with Crippen molar-refractivity contribution in [1.29, 1.82) is 0 Å². The van der Waals surface area contributed by atoms with Crippen molar-refractivity contribution < 1.29 is 15.0 Å². The van der Waals surface area contributed by atoms with Crippen molar-refractivity contribution >= 4 is 5.97 Å². The molecule has 2 rings (SSSR count). The van der Waals surface area contributed by atoms with Crippen molar-refractivity contribution in [3.8, 4) is 0 Å². The Labute approximate surface area is 105 Å². The molecule has 0 fully saturated rings. The highest BCUT2D eigenvalue weighted by Gasteiger charge is 2.39. The highest BCUT2D eigenvalue weighted by molar-refractivity contribution is 5.83. The first kappa shape index (κ1) is 12.3. The van der Waals surface area contributed by atoms with Crippen LogP contribution in [0, 0.1) is 6.92 Å². The fourth-order valence-corrected chi connectivity index (χ4v) is 1.96. The van der Waals surface area contributed by atoms with Crippen molar-refractivity contribution in [1.82, 2.24) is 0 Å². The van der Waals surface area contributed by atoms with E-state index < -0.39 is 11.6 Å². The van der Waals surface area contributed by atoms with Gasteiger partial charge in [0.15, 0.2) is 0 Å². The zero-order valence-corrected chi connectivity index (χ0v) is 10.00. The molecule has 0 aromatic heterocycles. The van der Waals surface area contributed by atoms with Crippen LogP contribution in [0.3, 0.4) is 0 Å². The van der Waals surface area contributed by atoms with Gasteiger partial charge in [0.2, 0.25) is 5.60 Å². The summed E-state index contributed by atoms with van der Waals surface area (Å²) in [5, 5.41) is 19.9. The summed E-state index contributed by atoms with van der Waals surface area (Å²) in [6, 6.07) is 15.3. The minimum Gasteiger partial charge on any atom is -0.479 e. The van der Waals surface area contributed by atoms with Crippen LogP contribution in [0.25, 0.3) is 0 Å². The Balaban J connectivity index is 2.62. The largest absolute Gasteiger partial charge is 0.479 e. The van der Waals surface area contributed by atoms with Crippen LogP contribution < -0.4 is 0 Å². The summed E-state index contributed by atoms with van der Waals surface area (Å²) in [4.78, 5) is 11.5. The quantitative estimate of drug-likeness (QED) is 0.868. The Bertz CT molecular complexity index is 563. The van der Waals surface area contributed by atoms with Crippen LogP contribution in [-0.4, -0.2) is 16.2 Å². The van der Waals surface area contributed by atoms with Crippen molar-refractivity contribution in [2.75, 3.05) is 0 Å². The van der Waals surface area contributed by atoms with Crippen LogP contribution >= 0.6 is 0 Å². The minimum absolute atomic E-state index is 0.350. The molecule has 0 saturated carbocycles. The minimum atomic E-state index is -2.01. The molecule has 2 aromatic carbocycles. The third-order valence-electron chi connectivity index (χ3n) is 2.94. The molecule has 92 valence electrons. The van der Waals surface area contributed by atoms with Gasteiger partial charge in [0.05, 0.1) is 0 Å². The molecule has 2 aromatic rings. The third kappa shape index (κ3) is 2.00. The molecule has 0 spiro atoms. The van der Waals surface area contributed by atoms with Crippen molar-refractivity contribution in [3.63, 3.8) is 0 Å². The Morgan fingerprint density at radius 2 is 1.61 bits per heavy atom. The fourth-order valence-electron chi connectivity index (χ4n) is 1.96. The van der Waals surface area contributed by atoms with E-state index in [1.165, 1.54) is 0 Å². The average Bonchev–Trinajstić information content (AvgIpc) is 2.38. The highest BCUT2D eigenvalue weighted by atomic mass is 16.4. The van der Waals surface area contributed by atoms with Crippen LogP contribution in [0.4, 0.5) is 0 Å². The van der Waals surface area contributed by atoms with E-state index in [4.69, 9.17) is 0 Å². The van der Waals surface area contributed by atoms with Crippen molar-refractivity contribution in [2.45, 2.75) is 12.5 Å². The van der Waals surface area contributed by atoms with Gasteiger partial charge in [0, 0.05) is 0 Å². The lowest BCUT2D eigenvalue weighted by molar-refractivity contribution is -0.155. The van der Waals surface area contributed by atoms with Gasteiger partial charge in [-0.3, -0.25) is 0 Å². The van der Waals surface area contributed by atoms with Gasteiger partial charge in [-0.2, -0.15) is 0 Å². The zero-order chi connectivity index (χ0) is 13.2. The number of benzene rings is 2. The molecular formula is C15H14O3. The second-order valence-corrected chi connectivity index (χ2v) is 4.25. The summed E-state index contributed by atoms with van der Waals surface area (Å²) in [7, 11) is 0. The van der Waals surface area contributed by atoms with E-state index in [1.54, 1.807) is 48.5 Å². The number of carboxylic acid groups (broad SMARTS) is 1. The Morgan fingerprint density at radius 1 is 1.00 bits per heavy atom. The summed E-state index contributed by atoms with van der Waals surface area (Å²) in [6.07, 6.45) is 0. The predicted octanol–water partition coefficient (Wildman–Crippen LogP) is 2.32. The highest BCUT2D eigenvalue weighted by Crippen LogP contribution is 2.30. The lowest BCUT2D eigenvalue weighted by Gasteiger charge is -2.24. The second-order valence-electron chi connectivity index (χ2n) is 4.25. The molecule has 18 heavy (non-hydrogen) atoms. The van der Waals surface area contributed by atoms with Gasteiger partial charge in [-0.1, -0.05) is 60.2 Å². The van der Waals surface area contributed by atoms with Gasteiger partial charge in [-0.05, 0) is 18.1 Å². The molecule has 2 N–H and O–H groups in total. The number of aliphatic hydroxyl groups is 1. The number of hydrogen-bond donors (Lipinski definition) is 2. The number of hydrogen-bond acceptors (Lipinski definition) is 2. The molecule has 3 heteroatoms. The van der Waals surface area contributed by atoms with Gasteiger partial charge >= 0.3 is 5.97 Å². The summed E-state index contributed by atoms with van der Waals surface area (Å²) in [5.41, 5.74) is -0.389. The molecule has 0 bridgehead atoms. The first-order valence-electron chi connectivity index (χ1n) is 5.63. The fraction of sp³-hybridized carbons (Fsp3) is 0.133. The second kappa shape index (κ2) is 4.63. The molecule has 3 nitrogen and oxygen atoms in total. The molecule has 0 aliphatic carbocycles. The maximum absolute atomic E-state index is 11.5. The Hall–Kier alpha value is -2.13. The number of aliphatic carboxylic acids is 1. The summed E-state index contributed by atoms with van der Waals surface area (Å²) in [6.45, 7) is 1.86. The molecular weight excluding hydrogens is 228 g/mol. The van der Waals surface area contributed by atoms with E-state index in [0.29, 0.717) is 11.1 Å². The van der Waals surface area contributed by atoms with Crippen LogP contribution in [0.2, 0.25) is 0 Å². The lowest BCUT2D eigenvalue weighted by Crippen LogP contribution is -2.36. The number of aryl methyl sites for hydroxylation is 1. The van der Waals surface area contributed by atoms with Crippen molar-refractivity contribution in [2.24, 2.45) is 0 Å². The van der Waals surface area contributed by atoms with Crippen LogP contribution in [0.1, 0.15) is 16.7 Å². The lowest BCUT2D eigenvalue weighted by atomic mass is 9.86. The maximum Gasteiger partial charge on any atom is 0.345 e. The van der Waals surface area contributed by atoms with Gasteiger partial charge in [-0.15, -0.1) is 0 Å². The summed E-state index contributed by atoms with van der Waals surface area (Å²) >= 11 is 0. The molecule has 0 heterocycles. The van der Waals surface area contributed by atoms with E-state index in [9.17, 15) is 15.0 Å². The van der Waals surface area contributed by atoms with Crippen LogP contribution in [-0.2, 0) is 10.4 Å². The number of rotatable bonds is 3. The molecule has 0 aliphatic rings. The molecule has 1 atom stereocenters. The summed E-state index contributed by atoms with van der Waals surface area (Å²) < 4.78 is 0. The topological polar surface area (TPSA) is 57.5 Å². The smallest absolute Gasteiger partial charge is 0.345 e. The van der Waals surface area contributed by atoms with Crippen molar-refractivity contribution in [3.05, 3.63) is 71.3 Å². The average molecular weight is 242 g/mol. The molecule has 0 radical (unpaired) electrons. The van der Waals surface area contributed by atoms with E-state index in [0.717, 1.165) is 5.56 Å². The first-order valence-corrected chi connectivity index (χ1v) is 5.63. The molecule has 0 amide bonds. The number of carboxylic acids is 1. The Morgan fingerprint density at radius 3 is 2.17 bits per heavy atom. The molecule has 0 unspecified atom stereocenters.